The Bertz CT molecular complexity index is 1000. The van der Waals surface area contributed by atoms with Crippen LogP contribution in [-0.2, 0) is 15.7 Å². The molecule has 30 heavy (non-hydrogen) atoms. The van der Waals surface area contributed by atoms with E-state index in [-0.39, 0.29) is 23.1 Å². The molecule has 1 unspecified atom stereocenters. The van der Waals surface area contributed by atoms with Crippen molar-refractivity contribution in [1.29, 1.82) is 0 Å². The molecule has 2 aromatic rings. The normalized spacial score (nSPS) is 19.7. The van der Waals surface area contributed by atoms with Crippen molar-refractivity contribution in [1.82, 2.24) is 0 Å². The molecule has 4 rings (SSSR count). The van der Waals surface area contributed by atoms with Crippen molar-refractivity contribution in [3.8, 4) is 0 Å². The van der Waals surface area contributed by atoms with Crippen LogP contribution < -0.4 is 10.6 Å². The number of hydrogen-bond acceptors (Lipinski definition) is 4. The fraction of sp³-hybridized carbons (Fsp3) is 0.333. The van der Waals surface area contributed by atoms with Crippen LogP contribution in [0.3, 0.4) is 0 Å². The van der Waals surface area contributed by atoms with Gasteiger partial charge in [-0.15, -0.1) is 4.58 Å². The molecule has 9 heteroatoms. The summed E-state index contributed by atoms with van der Waals surface area (Å²) in [6, 6.07) is 6.56. The van der Waals surface area contributed by atoms with E-state index in [9.17, 15) is 22.4 Å². The summed E-state index contributed by atoms with van der Waals surface area (Å²) in [6.45, 7) is 4.61. The summed E-state index contributed by atoms with van der Waals surface area (Å²) in [5.41, 5.74) is 0.0266. The highest BCUT2D eigenvalue weighted by Gasteiger charge is 2.43. The fourth-order valence-electron chi connectivity index (χ4n) is 3.76. The molecule has 1 amide bonds. The van der Waals surface area contributed by atoms with Crippen LogP contribution in [0, 0.1) is 5.82 Å². The first kappa shape index (κ1) is 20.3. The molecular formula is C21H20F4N3O2+. The molecule has 0 saturated carbocycles. The van der Waals surface area contributed by atoms with E-state index in [1.807, 2.05) is 0 Å². The minimum Gasteiger partial charge on any atom is -0.382 e. The predicted molar refractivity (Wildman–Crippen MR) is 104 cm³/mol. The molecular weight excluding hydrogens is 402 g/mol. The monoisotopic (exact) mass is 422 g/mol. The first-order chi connectivity index (χ1) is 14.2. The Labute approximate surface area is 170 Å². The van der Waals surface area contributed by atoms with Gasteiger partial charge in [-0.05, 0) is 43.2 Å². The zero-order valence-corrected chi connectivity index (χ0v) is 15.9. The molecule has 5 nitrogen and oxygen atoms in total. The first-order valence-corrected chi connectivity index (χ1v) is 9.50. The number of anilines is 2. The lowest BCUT2D eigenvalue weighted by atomic mass is 10.0. The van der Waals surface area contributed by atoms with Gasteiger partial charge in [0.05, 0.1) is 11.1 Å². The summed E-state index contributed by atoms with van der Waals surface area (Å²) in [5, 5.41) is 5.80. The van der Waals surface area contributed by atoms with Gasteiger partial charge < -0.3 is 15.4 Å². The summed E-state index contributed by atoms with van der Waals surface area (Å²) in [5.74, 6) is -1.01. The van der Waals surface area contributed by atoms with E-state index in [0.29, 0.717) is 31.6 Å². The third kappa shape index (κ3) is 3.89. The smallest absolute Gasteiger partial charge is 0.382 e. The van der Waals surface area contributed by atoms with E-state index in [2.05, 4.69) is 17.4 Å². The topological polar surface area (TPSA) is 53.4 Å². The SMILES string of the molecule is C=[N+]1C(=O)C(Nc2ccc(NC3CCOCC3)c(C(F)(F)F)c2)c2ccc(F)cc21. The lowest BCUT2D eigenvalue weighted by molar-refractivity contribution is -0.352. The van der Waals surface area contributed by atoms with E-state index >= 15 is 0 Å². The van der Waals surface area contributed by atoms with Crippen LogP contribution in [0.5, 0.6) is 0 Å². The molecule has 0 bridgehead atoms. The molecule has 0 aliphatic carbocycles. The molecule has 1 atom stereocenters. The second-order valence-electron chi connectivity index (χ2n) is 7.34. The van der Waals surface area contributed by atoms with Gasteiger partial charge in [-0.1, -0.05) is 0 Å². The van der Waals surface area contributed by atoms with E-state index in [0.717, 1.165) is 10.6 Å². The van der Waals surface area contributed by atoms with E-state index in [1.165, 1.54) is 30.3 Å². The Morgan fingerprint density at radius 1 is 1.07 bits per heavy atom. The molecule has 2 heterocycles. The number of alkyl halides is 3. The van der Waals surface area contributed by atoms with Gasteiger partial charge in [0.25, 0.3) is 0 Å². The van der Waals surface area contributed by atoms with E-state index < -0.39 is 29.5 Å². The van der Waals surface area contributed by atoms with Gasteiger partial charge in [-0.2, -0.15) is 13.2 Å². The van der Waals surface area contributed by atoms with Crippen LogP contribution in [0.15, 0.2) is 36.4 Å². The van der Waals surface area contributed by atoms with Crippen molar-refractivity contribution in [3.63, 3.8) is 0 Å². The number of nitrogens with one attached hydrogen (secondary N) is 2. The van der Waals surface area contributed by atoms with Gasteiger partial charge in [0.1, 0.15) is 12.5 Å². The average Bonchev–Trinajstić information content (AvgIpc) is 2.93. The molecule has 2 N–H and O–H groups in total. The Balaban J connectivity index is 1.62. The average molecular weight is 422 g/mol. The lowest BCUT2D eigenvalue weighted by Crippen LogP contribution is -2.29. The zero-order valence-electron chi connectivity index (χ0n) is 15.9. The number of carbonyl (C=O) groups excluding carboxylic acids is 1. The summed E-state index contributed by atoms with van der Waals surface area (Å²) in [7, 11) is 0. The van der Waals surface area contributed by atoms with E-state index in [4.69, 9.17) is 4.74 Å². The van der Waals surface area contributed by atoms with E-state index in [1.54, 1.807) is 0 Å². The van der Waals surface area contributed by atoms with Gasteiger partial charge in [0.15, 0.2) is 6.04 Å². The van der Waals surface area contributed by atoms with Crippen molar-refractivity contribution < 1.29 is 31.7 Å². The van der Waals surface area contributed by atoms with Crippen molar-refractivity contribution in [2.24, 2.45) is 0 Å². The van der Waals surface area contributed by atoms with Gasteiger partial charge in [-0.3, -0.25) is 0 Å². The Morgan fingerprint density at radius 2 is 1.80 bits per heavy atom. The third-order valence-electron chi connectivity index (χ3n) is 5.32. The highest BCUT2D eigenvalue weighted by molar-refractivity contribution is 5.88. The summed E-state index contributed by atoms with van der Waals surface area (Å²) >= 11 is 0. The standard InChI is InChI=1S/C21H20F4N3O2/c1-28-18-10-12(22)2-4-15(18)19(20(28)29)27-14-3-5-17(16(11-14)21(23,24)25)26-13-6-8-30-9-7-13/h2-5,10-11,13,19,26-27H,1,6-9H2/q+1. The summed E-state index contributed by atoms with van der Waals surface area (Å²) in [4.78, 5) is 12.5. The Kier molecular flexibility index (Phi) is 5.23. The number of benzene rings is 2. The van der Waals surface area contributed by atoms with Gasteiger partial charge >= 0.3 is 12.1 Å². The Hall–Kier alpha value is -2.94. The van der Waals surface area contributed by atoms with Gasteiger partial charge in [0.2, 0.25) is 5.69 Å². The van der Waals surface area contributed by atoms with Gasteiger partial charge in [-0.25, -0.2) is 9.18 Å². The molecule has 2 aliphatic heterocycles. The van der Waals surface area contributed by atoms with Crippen LogP contribution in [0.1, 0.15) is 30.0 Å². The zero-order chi connectivity index (χ0) is 21.5. The minimum atomic E-state index is -4.58. The van der Waals surface area contributed by atoms with Crippen molar-refractivity contribution in [3.05, 3.63) is 53.3 Å². The predicted octanol–water partition coefficient (Wildman–Crippen LogP) is 4.47. The van der Waals surface area contributed by atoms with Crippen LogP contribution in [-0.4, -0.2) is 36.5 Å². The fourth-order valence-corrected chi connectivity index (χ4v) is 3.76. The maximum Gasteiger partial charge on any atom is 0.419 e. The molecule has 158 valence electrons. The quantitative estimate of drug-likeness (QED) is 0.564. The number of rotatable bonds is 4. The molecule has 2 aliphatic rings. The molecule has 2 aromatic carbocycles. The molecule has 0 spiro atoms. The van der Waals surface area contributed by atoms with Crippen LogP contribution >= 0.6 is 0 Å². The first-order valence-electron chi connectivity index (χ1n) is 9.50. The number of halogens is 4. The Morgan fingerprint density at radius 3 is 2.50 bits per heavy atom. The third-order valence-corrected chi connectivity index (χ3v) is 5.32. The number of fused-ring (bicyclic) bond motifs is 1. The highest BCUT2D eigenvalue weighted by Crippen LogP contribution is 2.40. The second-order valence-corrected chi connectivity index (χ2v) is 7.34. The molecule has 0 radical (unpaired) electrons. The number of hydrogen-bond donors (Lipinski definition) is 2. The largest absolute Gasteiger partial charge is 0.419 e. The van der Waals surface area contributed by atoms with Crippen molar-refractivity contribution in [2.75, 3.05) is 23.8 Å². The molecule has 0 aromatic heterocycles. The number of amides is 1. The maximum absolute atomic E-state index is 13.7. The number of carbonyl (C=O) groups is 1. The molecule has 1 saturated heterocycles. The summed E-state index contributed by atoms with van der Waals surface area (Å²) < 4.78 is 60.9. The van der Waals surface area contributed by atoms with Crippen LogP contribution in [0.2, 0.25) is 0 Å². The maximum atomic E-state index is 13.7. The lowest BCUT2D eigenvalue weighted by Gasteiger charge is -2.26. The van der Waals surface area contributed by atoms with Crippen molar-refractivity contribution >= 4 is 29.7 Å². The molecule has 1 fully saturated rings. The number of nitrogens with zero attached hydrogens (tertiary/aromatic N) is 1. The van der Waals surface area contributed by atoms with Crippen molar-refractivity contribution in [2.45, 2.75) is 31.1 Å². The van der Waals surface area contributed by atoms with Crippen LogP contribution in [0.25, 0.3) is 0 Å². The van der Waals surface area contributed by atoms with Crippen LogP contribution in [0.4, 0.5) is 34.6 Å². The minimum absolute atomic E-state index is 0.0149. The van der Waals surface area contributed by atoms with Gasteiger partial charge in [0, 0.05) is 36.7 Å². The number of ether oxygens (including phenoxy) is 1. The second kappa shape index (κ2) is 7.71. The summed E-state index contributed by atoms with van der Waals surface area (Å²) in [6.07, 6.45) is -3.33. The highest BCUT2D eigenvalue weighted by atomic mass is 19.4.